The van der Waals surface area contributed by atoms with Crippen LogP contribution in [0.4, 0.5) is 0 Å². The minimum Gasteiger partial charge on any atom is -0.455 e. The summed E-state index contributed by atoms with van der Waals surface area (Å²) in [5.74, 6) is 0. The van der Waals surface area contributed by atoms with Gasteiger partial charge >= 0.3 is 0 Å². The zero-order valence-corrected chi connectivity index (χ0v) is 17.4. The fourth-order valence-corrected chi connectivity index (χ4v) is 4.19. The highest BCUT2D eigenvalue weighted by Gasteiger charge is 2.20. The Balaban J connectivity index is 1.94. The number of fused-ring (bicyclic) bond motifs is 5. The van der Waals surface area contributed by atoms with Crippen LogP contribution in [-0.4, -0.2) is 0 Å². The zero-order valence-electron chi connectivity index (χ0n) is 36.4. The predicted molar refractivity (Wildman–Crippen MR) is 144 cm³/mol. The molecule has 1 heteroatoms. The van der Waals surface area contributed by atoms with Gasteiger partial charge in [-0.05, 0) is 45.6 Å². The van der Waals surface area contributed by atoms with Gasteiger partial charge in [-0.3, -0.25) is 0 Å². The molecule has 1 nitrogen and oxygen atoms in total. The van der Waals surface area contributed by atoms with Gasteiger partial charge in [0.05, 0.1) is 26.0 Å². The zero-order chi connectivity index (χ0) is 39.2. The van der Waals surface area contributed by atoms with Crippen LogP contribution < -0.4 is 0 Å². The first-order chi connectivity index (χ1) is 24.7. The summed E-state index contributed by atoms with van der Waals surface area (Å²) in [5.41, 5.74) is -3.01. The summed E-state index contributed by atoms with van der Waals surface area (Å²) in [4.78, 5) is 0. The molecule has 0 fully saturated rings. The van der Waals surface area contributed by atoms with Gasteiger partial charge in [0.25, 0.3) is 0 Å². The van der Waals surface area contributed by atoms with E-state index in [4.69, 9.17) is 25.0 Å². The molecule has 7 rings (SSSR count). The second-order valence-corrected chi connectivity index (χ2v) is 7.51. The van der Waals surface area contributed by atoms with Gasteiger partial charge in [-0.2, -0.15) is 0 Å². The Kier molecular flexibility index (Phi) is 1.76. The minimum atomic E-state index is -0.830. The lowest BCUT2D eigenvalue weighted by molar-refractivity contribution is 0.670. The predicted octanol–water partition coefficient (Wildman–Crippen LogP) is 9.53. The van der Waals surface area contributed by atoms with Gasteiger partial charge in [-0.25, -0.2) is 0 Å². The molecular weight excluding hydrogens is 412 g/mol. The molecule has 1 heterocycles. The maximum Gasteiger partial charge on any atom is 0.143 e. The molecule has 0 radical (unpaired) electrons. The van der Waals surface area contributed by atoms with Gasteiger partial charge in [0.15, 0.2) is 0 Å². The number of hydrogen-bond acceptors (Lipinski definition) is 1. The Hall–Kier alpha value is -4.36. The van der Waals surface area contributed by atoms with Crippen LogP contribution in [0.15, 0.2) is 119 Å². The van der Waals surface area contributed by atoms with Crippen LogP contribution in [0.25, 0.3) is 65.7 Å². The molecule has 1 aromatic heterocycles. The van der Waals surface area contributed by atoms with Crippen molar-refractivity contribution in [1.82, 2.24) is 0 Å². The van der Waals surface area contributed by atoms with Gasteiger partial charge in [0, 0.05) is 21.9 Å². The van der Waals surface area contributed by atoms with E-state index in [1.54, 1.807) is 0 Å². The molecular formula is C33H22O. The number of para-hydroxylation sites is 2. The fraction of sp³-hybridized carbons (Fsp3) is 0.0303. The average molecular weight is 454 g/mol. The monoisotopic (exact) mass is 453 g/mol. The summed E-state index contributed by atoms with van der Waals surface area (Å²) in [6.45, 7) is 1.33. The summed E-state index contributed by atoms with van der Waals surface area (Å²) in [7, 11) is 0. The van der Waals surface area contributed by atoms with Gasteiger partial charge in [0.1, 0.15) is 11.2 Å². The quantitative estimate of drug-likeness (QED) is 0.238. The van der Waals surface area contributed by atoms with E-state index in [1.165, 1.54) is 6.92 Å². The minimum absolute atomic E-state index is 0.119. The number of rotatable bonds is 2. The number of furan rings is 1. The Bertz CT molecular complexity index is 2780. The molecule has 0 amide bonds. The van der Waals surface area contributed by atoms with Crippen LogP contribution in [0.1, 0.15) is 31.6 Å². The van der Waals surface area contributed by atoms with Crippen molar-refractivity contribution in [2.24, 2.45) is 0 Å². The second kappa shape index (κ2) is 7.33. The van der Waals surface area contributed by atoms with E-state index in [9.17, 15) is 5.48 Å². The molecule has 0 aliphatic heterocycles. The van der Waals surface area contributed by atoms with Crippen LogP contribution in [0.2, 0.25) is 0 Å². The molecule has 160 valence electrons. The first-order valence-corrected chi connectivity index (χ1v) is 10.2. The Morgan fingerprint density at radius 1 is 0.529 bits per heavy atom. The molecule has 0 aliphatic carbocycles. The van der Waals surface area contributed by atoms with Crippen molar-refractivity contribution >= 4 is 43.5 Å². The second-order valence-electron chi connectivity index (χ2n) is 7.51. The molecule has 0 saturated heterocycles. The van der Waals surface area contributed by atoms with Crippen molar-refractivity contribution < 1.29 is 30.5 Å². The molecule has 34 heavy (non-hydrogen) atoms. The molecule has 0 N–H and O–H groups in total. The van der Waals surface area contributed by atoms with Crippen LogP contribution >= 0.6 is 0 Å². The smallest absolute Gasteiger partial charge is 0.143 e. The molecule has 0 saturated carbocycles. The number of hydrogen-bond donors (Lipinski definition) is 0. The molecule has 7 aromatic rings. The van der Waals surface area contributed by atoms with Gasteiger partial charge < -0.3 is 4.42 Å². The Morgan fingerprint density at radius 3 is 2.00 bits per heavy atom. The topological polar surface area (TPSA) is 13.1 Å². The van der Waals surface area contributed by atoms with Crippen molar-refractivity contribution in [3.63, 3.8) is 0 Å². The summed E-state index contributed by atoms with van der Waals surface area (Å²) >= 11 is 0. The fourth-order valence-electron chi connectivity index (χ4n) is 4.19. The third kappa shape index (κ3) is 2.74. The van der Waals surface area contributed by atoms with Gasteiger partial charge in [-0.15, -0.1) is 0 Å². The summed E-state index contributed by atoms with van der Waals surface area (Å²) in [6, 6.07) is -13.9. The highest BCUT2D eigenvalue weighted by molar-refractivity contribution is 6.24. The van der Waals surface area contributed by atoms with Crippen LogP contribution in [0.3, 0.4) is 0 Å². The SMILES string of the molecule is [2H]c1c([2H])c([2H])c(-c2c3c([2H])c([2H])c([2H])c([2H])c3c(-c3c([2H])c([2H])c([2H])c4c3oc3c([2H])c([2H])c([2H])c([2H])c34)c3c([2H])c(C)c([2H])c([2H])c23)c([2H])c1[2H]. The van der Waals surface area contributed by atoms with E-state index in [1.807, 2.05) is 0 Å². The molecule has 0 aliphatic rings. The summed E-state index contributed by atoms with van der Waals surface area (Å²) in [5, 5.41) is -2.48. The normalized spacial score (nSPS) is 19.5. The summed E-state index contributed by atoms with van der Waals surface area (Å²) < 4.78 is 172. The molecule has 0 atom stereocenters. The van der Waals surface area contributed by atoms with Crippen LogP contribution in [0.5, 0.6) is 0 Å². The van der Waals surface area contributed by atoms with E-state index < -0.39 is 164 Å². The third-order valence-electron chi connectivity index (χ3n) is 5.56. The van der Waals surface area contributed by atoms with Crippen molar-refractivity contribution in [2.45, 2.75) is 6.92 Å². The van der Waals surface area contributed by atoms with Gasteiger partial charge in [0.2, 0.25) is 0 Å². The van der Waals surface area contributed by atoms with Crippen molar-refractivity contribution in [1.29, 1.82) is 0 Å². The van der Waals surface area contributed by atoms with Crippen molar-refractivity contribution in [3.05, 3.63) is 120 Å². The molecule has 0 spiro atoms. The first kappa shape index (κ1) is 8.14. The Morgan fingerprint density at radius 2 is 1.18 bits per heavy atom. The number of benzene rings is 6. The summed E-state index contributed by atoms with van der Waals surface area (Å²) in [6.07, 6.45) is 0. The lowest BCUT2D eigenvalue weighted by Gasteiger charge is -2.18. The van der Waals surface area contributed by atoms with Crippen LogP contribution in [0, 0.1) is 6.92 Å². The van der Waals surface area contributed by atoms with Crippen molar-refractivity contribution in [3.8, 4) is 22.3 Å². The molecule has 6 aromatic carbocycles. The highest BCUT2D eigenvalue weighted by atomic mass is 16.3. The largest absolute Gasteiger partial charge is 0.455 e. The van der Waals surface area contributed by atoms with E-state index in [2.05, 4.69) is 0 Å². The van der Waals surface area contributed by atoms with E-state index >= 15 is 0 Å². The highest BCUT2D eigenvalue weighted by Crippen LogP contribution is 2.46. The van der Waals surface area contributed by atoms with Crippen LogP contribution in [-0.2, 0) is 0 Å². The maximum atomic E-state index is 9.32. The lowest BCUT2D eigenvalue weighted by atomic mass is 9.85. The lowest BCUT2D eigenvalue weighted by Crippen LogP contribution is -1.91. The third-order valence-corrected chi connectivity index (χ3v) is 5.56. The van der Waals surface area contributed by atoms with Gasteiger partial charge in [-0.1, -0.05) is 114 Å². The Labute approximate surface area is 224 Å². The first-order valence-electron chi connectivity index (χ1n) is 19.7. The van der Waals surface area contributed by atoms with E-state index in [0.29, 0.717) is 0 Å². The van der Waals surface area contributed by atoms with E-state index in [0.717, 1.165) is 0 Å². The molecule has 0 unspecified atom stereocenters. The average Bonchev–Trinajstić information content (AvgIpc) is 3.53. The van der Waals surface area contributed by atoms with E-state index in [-0.39, 0.29) is 21.7 Å². The molecule has 0 bridgehead atoms. The van der Waals surface area contributed by atoms with Crippen molar-refractivity contribution in [2.75, 3.05) is 0 Å². The standard InChI is InChI=1S/C33H22O/c1-21-18-19-26-29(20-21)32(25-14-6-5-13-24(25)31(26)22-10-3-2-4-11-22)28-16-9-15-27-23-12-7-8-17-30(23)34-33(27)28/h2-20H,1H3/i2D,3D,4D,5D,6D,7D,8D,9D,10D,11D,12D,13D,14D,15D,16D,17D,18D,19D,20D. The maximum absolute atomic E-state index is 9.32.